The molecule has 5 heteroatoms. The zero-order valence-corrected chi connectivity index (χ0v) is 9.97. The molecule has 1 heterocycles. The van der Waals surface area contributed by atoms with E-state index >= 15 is 0 Å². The van der Waals surface area contributed by atoms with E-state index in [1.807, 2.05) is 6.92 Å². The Hall–Kier alpha value is -1.55. The van der Waals surface area contributed by atoms with E-state index < -0.39 is 0 Å². The van der Waals surface area contributed by atoms with Crippen molar-refractivity contribution in [1.29, 1.82) is 0 Å². The minimum Gasteiger partial charge on any atom is -0.494 e. The Balaban J connectivity index is 3.03. The van der Waals surface area contributed by atoms with Gasteiger partial charge in [-0.2, -0.15) is 0 Å². The van der Waals surface area contributed by atoms with Gasteiger partial charge in [-0.3, -0.25) is 4.79 Å². The van der Waals surface area contributed by atoms with Gasteiger partial charge < -0.3 is 10.1 Å². The SMILES string of the molecule is C=C(OCC)c1ccnc(NC(C)=O)c1Cl. The number of nitrogens with zero attached hydrogens (tertiary/aromatic N) is 1. The van der Waals surface area contributed by atoms with Crippen molar-refractivity contribution in [2.75, 3.05) is 11.9 Å². The van der Waals surface area contributed by atoms with Crippen molar-refractivity contribution in [3.63, 3.8) is 0 Å². The van der Waals surface area contributed by atoms with Crippen LogP contribution in [0.2, 0.25) is 5.02 Å². The second kappa shape index (κ2) is 5.51. The van der Waals surface area contributed by atoms with Gasteiger partial charge >= 0.3 is 0 Å². The van der Waals surface area contributed by atoms with Crippen molar-refractivity contribution >= 4 is 29.1 Å². The van der Waals surface area contributed by atoms with E-state index in [0.29, 0.717) is 28.8 Å². The summed E-state index contributed by atoms with van der Waals surface area (Å²) < 4.78 is 5.25. The maximum Gasteiger partial charge on any atom is 0.222 e. The summed E-state index contributed by atoms with van der Waals surface area (Å²) in [4.78, 5) is 14.9. The molecule has 4 nitrogen and oxygen atoms in total. The maximum atomic E-state index is 10.9. The number of amides is 1. The minimum atomic E-state index is -0.228. The standard InChI is InChI=1S/C11H13ClN2O2/c1-4-16-7(2)9-5-6-13-11(10(9)12)14-8(3)15/h5-6H,2,4H2,1,3H3,(H,13,14,15). The van der Waals surface area contributed by atoms with Gasteiger partial charge in [-0.05, 0) is 13.0 Å². The first kappa shape index (κ1) is 12.5. The van der Waals surface area contributed by atoms with Crippen LogP contribution in [0.1, 0.15) is 19.4 Å². The average Bonchev–Trinajstić information content (AvgIpc) is 2.21. The van der Waals surface area contributed by atoms with E-state index in [-0.39, 0.29) is 5.91 Å². The van der Waals surface area contributed by atoms with Crippen LogP contribution in [0, 0.1) is 0 Å². The zero-order chi connectivity index (χ0) is 12.1. The molecule has 86 valence electrons. The summed E-state index contributed by atoms with van der Waals surface area (Å²) in [6, 6.07) is 1.69. The molecule has 1 rings (SSSR count). The Bertz CT molecular complexity index is 418. The lowest BCUT2D eigenvalue weighted by Gasteiger charge is -2.11. The highest BCUT2D eigenvalue weighted by Crippen LogP contribution is 2.28. The largest absolute Gasteiger partial charge is 0.494 e. The topological polar surface area (TPSA) is 51.2 Å². The summed E-state index contributed by atoms with van der Waals surface area (Å²) in [7, 11) is 0. The number of carbonyl (C=O) groups excluding carboxylic acids is 1. The summed E-state index contributed by atoms with van der Waals surface area (Å²) in [5, 5.41) is 2.86. The molecule has 0 aromatic carbocycles. The Morgan fingerprint density at radius 2 is 2.38 bits per heavy atom. The second-order valence-corrected chi connectivity index (χ2v) is 3.44. The van der Waals surface area contributed by atoms with Crippen LogP contribution in [-0.4, -0.2) is 17.5 Å². The third-order valence-electron chi connectivity index (χ3n) is 1.80. The zero-order valence-electron chi connectivity index (χ0n) is 9.21. The summed E-state index contributed by atoms with van der Waals surface area (Å²) >= 11 is 6.07. The molecular weight excluding hydrogens is 228 g/mol. The van der Waals surface area contributed by atoms with Crippen LogP contribution in [0.5, 0.6) is 0 Å². The highest BCUT2D eigenvalue weighted by Gasteiger charge is 2.11. The third kappa shape index (κ3) is 2.97. The smallest absolute Gasteiger partial charge is 0.222 e. The van der Waals surface area contributed by atoms with Gasteiger partial charge in [-0.1, -0.05) is 18.2 Å². The lowest BCUT2D eigenvalue weighted by Crippen LogP contribution is -2.08. The van der Waals surface area contributed by atoms with E-state index in [1.54, 1.807) is 6.07 Å². The monoisotopic (exact) mass is 240 g/mol. The van der Waals surface area contributed by atoms with E-state index in [2.05, 4.69) is 16.9 Å². The fraction of sp³-hybridized carbons (Fsp3) is 0.273. The van der Waals surface area contributed by atoms with Gasteiger partial charge in [0, 0.05) is 18.7 Å². The van der Waals surface area contributed by atoms with Crippen molar-refractivity contribution in [1.82, 2.24) is 4.98 Å². The molecule has 0 aliphatic heterocycles. The van der Waals surface area contributed by atoms with E-state index in [9.17, 15) is 4.79 Å². The van der Waals surface area contributed by atoms with Crippen LogP contribution in [0.4, 0.5) is 5.82 Å². The molecule has 1 amide bonds. The van der Waals surface area contributed by atoms with Crippen LogP contribution in [0.15, 0.2) is 18.8 Å². The summed E-state index contributed by atoms with van der Waals surface area (Å²) in [5.74, 6) is 0.544. The molecule has 0 radical (unpaired) electrons. The second-order valence-electron chi connectivity index (χ2n) is 3.06. The molecule has 1 aromatic rings. The van der Waals surface area contributed by atoms with Crippen molar-refractivity contribution in [2.45, 2.75) is 13.8 Å². The van der Waals surface area contributed by atoms with Gasteiger partial charge in [0.25, 0.3) is 0 Å². The van der Waals surface area contributed by atoms with E-state index in [4.69, 9.17) is 16.3 Å². The number of carbonyl (C=O) groups is 1. The fourth-order valence-electron chi connectivity index (χ4n) is 1.16. The number of ether oxygens (including phenoxy) is 1. The summed E-state index contributed by atoms with van der Waals surface area (Å²) in [5.41, 5.74) is 0.627. The molecule has 0 aliphatic carbocycles. The van der Waals surface area contributed by atoms with Gasteiger partial charge in [0.1, 0.15) is 5.76 Å². The van der Waals surface area contributed by atoms with Crippen LogP contribution in [-0.2, 0) is 9.53 Å². The third-order valence-corrected chi connectivity index (χ3v) is 2.19. The molecule has 0 saturated carbocycles. The number of hydrogen-bond acceptors (Lipinski definition) is 3. The van der Waals surface area contributed by atoms with Gasteiger partial charge in [-0.15, -0.1) is 0 Å². The lowest BCUT2D eigenvalue weighted by atomic mass is 10.2. The Morgan fingerprint density at radius 1 is 1.69 bits per heavy atom. The molecule has 0 bridgehead atoms. The molecule has 0 atom stereocenters. The number of nitrogens with one attached hydrogen (secondary N) is 1. The Morgan fingerprint density at radius 3 is 2.94 bits per heavy atom. The van der Waals surface area contributed by atoms with Gasteiger partial charge in [-0.25, -0.2) is 4.98 Å². The van der Waals surface area contributed by atoms with Gasteiger partial charge in [0.15, 0.2) is 5.82 Å². The van der Waals surface area contributed by atoms with Gasteiger partial charge in [0.05, 0.1) is 11.6 Å². The number of hydrogen-bond donors (Lipinski definition) is 1. The van der Waals surface area contributed by atoms with Crippen LogP contribution >= 0.6 is 11.6 Å². The van der Waals surface area contributed by atoms with Gasteiger partial charge in [0.2, 0.25) is 5.91 Å². The predicted octanol–water partition coefficient (Wildman–Crippen LogP) is 2.70. The number of pyridine rings is 1. The molecule has 16 heavy (non-hydrogen) atoms. The highest BCUT2D eigenvalue weighted by molar-refractivity contribution is 6.35. The molecule has 0 saturated heterocycles. The van der Waals surface area contributed by atoms with Crippen molar-refractivity contribution in [2.24, 2.45) is 0 Å². The quantitative estimate of drug-likeness (QED) is 0.824. The molecule has 0 fully saturated rings. The summed E-state index contributed by atoms with van der Waals surface area (Å²) in [6.07, 6.45) is 1.54. The van der Waals surface area contributed by atoms with E-state index in [1.165, 1.54) is 13.1 Å². The predicted molar refractivity (Wildman–Crippen MR) is 64.2 cm³/mol. The van der Waals surface area contributed by atoms with Crippen LogP contribution in [0.25, 0.3) is 5.76 Å². The lowest BCUT2D eigenvalue weighted by molar-refractivity contribution is -0.114. The first-order chi connectivity index (χ1) is 7.56. The Labute approximate surface area is 99.3 Å². The fourth-order valence-corrected chi connectivity index (χ4v) is 1.43. The summed E-state index contributed by atoms with van der Waals surface area (Å²) in [6.45, 7) is 7.50. The first-order valence-corrected chi connectivity index (χ1v) is 5.18. The molecule has 0 unspecified atom stereocenters. The Kier molecular flexibility index (Phi) is 4.31. The average molecular weight is 241 g/mol. The van der Waals surface area contributed by atoms with Crippen LogP contribution < -0.4 is 5.32 Å². The first-order valence-electron chi connectivity index (χ1n) is 4.80. The molecule has 0 spiro atoms. The number of rotatable bonds is 4. The highest BCUT2D eigenvalue weighted by atomic mass is 35.5. The maximum absolute atomic E-state index is 10.9. The number of halogens is 1. The molecule has 1 N–H and O–H groups in total. The van der Waals surface area contributed by atoms with Crippen molar-refractivity contribution < 1.29 is 9.53 Å². The molecular formula is C11H13ClN2O2. The van der Waals surface area contributed by atoms with E-state index in [0.717, 1.165) is 0 Å². The normalized spacial score (nSPS) is 9.69. The number of aromatic nitrogens is 1. The molecule has 0 aliphatic rings. The minimum absolute atomic E-state index is 0.228. The number of anilines is 1. The van der Waals surface area contributed by atoms with Crippen molar-refractivity contribution in [3.05, 3.63) is 29.4 Å². The molecule has 1 aromatic heterocycles. The van der Waals surface area contributed by atoms with Crippen LogP contribution in [0.3, 0.4) is 0 Å². The van der Waals surface area contributed by atoms with Crippen molar-refractivity contribution in [3.8, 4) is 0 Å².